The minimum Gasteiger partial charge on any atom is -0.389 e. The predicted molar refractivity (Wildman–Crippen MR) is 59.4 cm³/mol. The summed E-state index contributed by atoms with van der Waals surface area (Å²) >= 11 is 0. The maximum absolute atomic E-state index is 10.5. The lowest BCUT2D eigenvalue weighted by molar-refractivity contribution is -0.181. The van der Waals surface area contributed by atoms with E-state index in [9.17, 15) is 5.11 Å². The van der Waals surface area contributed by atoms with Crippen LogP contribution < -0.4 is 0 Å². The van der Waals surface area contributed by atoms with E-state index in [-0.39, 0.29) is 18.2 Å². The van der Waals surface area contributed by atoms with Crippen LogP contribution in [0.2, 0.25) is 0 Å². The van der Waals surface area contributed by atoms with E-state index in [1.807, 2.05) is 31.3 Å². The fourth-order valence-corrected chi connectivity index (χ4v) is 2.76. The summed E-state index contributed by atoms with van der Waals surface area (Å²) in [5, 5.41) is 14.7. The van der Waals surface area contributed by atoms with Gasteiger partial charge in [0.2, 0.25) is 0 Å². The van der Waals surface area contributed by atoms with Crippen molar-refractivity contribution in [3.63, 3.8) is 0 Å². The molecule has 5 atom stereocenters. The van der Waals surface area contributed by atoms with Crippen LogP contribution in [-0.2, 0) is 9.47 Å². The Morgan fingerprint density at radius 3 is 2.94 bits per heavy atom. The van der Waals surface area contributed by atoms with Crippen molar-refractivity contribution in [2.75, 3.05) is 20.7 Å². The molecule has 5 unspecified atom stereocenters. The molecule has 0 amide bonds. The van der Waals surface area contributed by atoms with Gasteiger partial charge in [0.15, 0.2) is 6.29 Å². The van der Waals surface area contributed by atoms with Crippen LogP contribution >= 0.6 is 0 Å². The number of aliphatic hydroxyl groups excluding tert-OH is 1. The van der Waals surface area contributed by atoms with Crippen LogP contribution in [-0.4, -0.2) is 65.0 Å². The van der Waals surface area contributed by atoms with Gasteiger partial charge in [0.25, 0.3) is 0 Å². The molecule has 6 nitrogen and oxygen atoms in total. The smallest absolute Gasteiger partial charge is 0.183 e. The Labute approximate surface area is 99.7 Å². The molecular formula is C11H17N3O3. The van der Waals surface area contributed by atoms with Gasteiger partial charge in [-0.25, -0.2) is 0 Å². The Morgan fingerprint density at radius 2 is 2.29 bits per heavy atom. The summed E-state index contributed by atoms with van der Waals surface area (Å²) in [5.41, 5.74) is 0. The molecule has 6 heteroatoms. The van der Waals surface area contributed by atoms with Crippen molar-refractivity contribution in [1.82, 2.24) is 14.7 Å². The lowest BCUT2D eigenvalue weighted by Gasteiger charge is -2.41. The Kier molecular flexibility index (Phi) is 2.67. The van der Waals surface area contributed by atoms with Gasteiger partial charge in [0.05, 0.1) is 18.8 Å². The van der Waals surface area contributed by atoms with Gasteiger partial charge < -0.3 is 19.5 Å². The standard InChI is InChI=1S/C11H17N3O3/c1-13(2)8-7-6-16-11(17-7)9(10(8)15)14-5-3-4-12-14/h3-5,7-11,15H,6H2,1-2H3. The lowest BCUT2D eigenvalue weighted by Crippen LogP contribution is -2.57. The molecule has 3 rings (SSSR count). The van der Waals surface area contributed by atoms with Gasteiger partial charge in [0.1, 0.15) is 12.1 Å². The predicted octanol–water partition coefficient (Wildman–Crippen LogP) is -0.530. The van der Waals surface area contributed by atoms with E-state index < -0.39 is 12.4 Å². The Hall–Kier alpha value is -0.950. The number of hydrogen-bond acceptors (Lipinski definition) is 5. The number of aliphatic hydroxyl groups is 1. The molecule has 0 radical (unpaired) electrons. The Morgan fingerprint density at radius 1 is 1.47 bits per heavy atom. The molecule has 94 valence electrons. The van der Waals surface area contributed by atoms with E-state index in [1.54, 1.807) is 10.9 Å². The fourth-order valence-electron chi connectivity index (χ4n) is 2.76. The lowest BCUT2D eigenvalue weighted by atomic mass is 9.95. The van der Waals surface area contributed by atoms with E-state index in [2.05, 4.69) is 5.10 Å². The Bertz CT molecular complexity index is 381. The van der Waals surface area contributed by atoms with Crippen LogP contribution in [0.1, 0.15) is 6.04 Å². The normalized spacial score (nSPS) is 41.1. The van der Waals surface area contributed by atoms with Crippen LogP contribution in [0.3, 0.4) is 0 Å². The highest BCUT2D eigenvalue weighted by Crippen LogP contribution is 2.36. The molecule has 1 N–H and O–H groups in total. The maximum Gasteiger partial charge on any atom is 0.183 e. The zero-order valence-electron chi connectivity index (χ0n) is 9.93. The molecule has 0 aromatic carbocycles. The number of hydrogen-bond donors (Lipinski definition) is 1. The molecule has 0 aliphatic carbocycles. The second kappa shape index (κ2) is 4.06. The number of ether oxygens (including phenoxy) is 2. The van der Waals surface area contributed by atoms with Crippen LogP contribution in [0.15, 0.2) is 18.5 Å². The largest absolute Gasteiger partial charge is 0.389 e. The topological polar surface area (TPSA) is 59.8 Å². The second-order valence-electron chi connectivity index (χ2n) is 4.80. The van der Waals surface area contributed by atoms with Crippen LogP contribution in [0, 0.1) is 0 Å². The first-order valence-corrected chi connectivity index (χ1v) is 5.79. The quantitative estimate of drug-likeness (QED) is 0.752. The van der Waals surface area contributed by atoms with E-state index >= 15 is 0 Å². The SMILES string of the molecule is CN(C)C1C2COC(O2)C(n2cccn2)C1O. The summed E-state index contributed by atoms with van der Waals surface area (Å²) in [6.45, 7) is 0.530. The molecule has 0 saturated carbocycles. The first-order chi connectivity index (χ1) is 8.18. The molecule has 2 bridgehead atoms. The molecular weight excluding hydrogens is 222 g/mol. The van der Waals surface area contributed by atoms with Gasteiger partial charge in [-0.3, -0.25) is 4.68 Å². The first-order valence-electron chi connectivity index (χ1n) is 5.79. The molecule has 2 fully saturated rings. The van der Waals surface area contributed by atoms with Crippen LogP contribution in [0.5, 0.6) is 0 Å². The number of fused-ring (bicyclic) bond motifs is 2. The number of aromatic nitrogens is 2. The molecule has 2 aliphatic heterocycles. The van der Waals surface area contributed by atoms with Crippen molar-refractivity contribution in [3.8, 4) is 0 Å². The average molecular weight is 239 g/mol. The molecule has 3 heterocycles. The zero-order valence-corrected chi connectivity index (χ0v) is 9.93. The minimum absolute atomic E-state index is 0.0585. The van der Waals surface area contributed by atoms with E-state index in [0.29, 0.717) is 6.61 Å². The first kappa shape index (κ1) is 11.2. The highest BCUT2D eigenvalue weighted by atomic mass is 16.7. The van der Waals surface area contributed by atoms with E-state index in [4.69, 9.17) is 9.47 Å². The number of nitrogens with zero attached hydrogens (tertiary/aromatic N) is 3. The average Bonchev–Trinajstić information content (AvgIpc) is 2.89. The summed E-state index contributed by atoms with van der Waals surface area (Å²) < 4.78 is 13.1. The van der Waals surface area contributed by atoms with E-state index in [0.717, 1.165) is 0 Å². The summed E-state index contributed by atoms with van der Waals surface area (Å²) in [5.74, 6) is 0. The molecule has 1 aromatic rings. The summed E-state index contributed by atoms with van der Waals surface area (Å²) in [4.78, 5) is 1.98. The van der Waals surface area contributed by atoms with Crippen molar-refractivity contribution in [2.45, 2.75) is 30.6 Å². The number of rotatable bonds is 2. The maximum atomic E-state index is 10.5. The van der Waals surface area contributed by atoms with Gasteiger partial charge in [-0.2, -0.15) is 5.10 Å². The van der Waals surface area contributed by atoms with Crippen molar-refractivity contribution < 1.29 is 14.6 Å². The molecule has 2 saturated heterocycles. The monoisotopic (exact) mass is 239 g/mol. The summed E-state index contributed by atoms with van der Waals surface area (Å²) in [6, 6.07) is 1.48. The Balaban J connectivity index is 1.93. The molecule has 2 aliphatic rings. The van der Waals surface area contributed by atoms with Gasteiger partial charge in [-0.1, -0.05) is 0 Å². The molecule has 1 aromatic heterocycles. The van der Waals surface area contributed by atoms with Gasteiger partial charge in [-0.15, -0.1) is 0 Å². The highest BCUT2D eigenvalue weighted by Gasteiger charge is 2.51. The molecule has 17 heavy (non-hydrogen) atoms. The van der Waals surface area contributed by atoms with Gasteiger partial charge in [-0.05, 0) is 20.2 Å². The van der Waals surface area contributed by atoms with Crippen molar-refractivity contribution in [1.29, 1.82) is 0 Å². The number of likely N-dealkylation sites (N-methyl/N-ethyl adjacent to an activating group) is 1. The van der Waals surface area contributed by atoms with E-state index in [1.165, 1.54) is 0 Å². The summed E-state index contributed by atoms with van der Waals surface area (Å²) in [6.07, 6.45) is 2.52. The third-order valence-electron chi connectivity index (χ3n) is 3.52. The zero-order chi connectivity index (χ0) is 12.0. The van der Waals surface area contributed by atoms with Crippen LogP contribution in [0.25, 0.3) is 0 Å². The highest BCUT2D eigenvalue weighted by molar-refractivity contribution is 5.00. The van der Waals surface area contributed by atoms with Gasteiger partial charge >= 0.3 is 0 Å². The van der Waals surface area contributed by atoms with Crippen LogP contribution in [0.4, 0.5) is 0 Å². The third-order valence-corrected chi connectivity index (χ3v) is 3.52. The van der Waals surface area contributed by atoms with Crippen molar-refractivity contribution >= 4 is 0 Å². The summed E-state index contributed by atoms with van der Waals surface area (Å²) in [7, 11) is 3.88. The third kappa shape index (κ3) is 1.68. The van der Waals surface area contributed by atoms with Gasteiger partial charge in [0, 0.05) is 12.4 Å². The fraction of sp³-hybridized carbons (Fsp3) is 0.727. The van der Waals surface area contributed by atoms with Crippen molar-refractivity contribution in [2.24, 2.45) is 0 Å². The minimum atomic E-state index is -0.545. The molecule has 0 spiro atoms. The van der Waals surface area contributed by atoms with Crippen molar-refractivity contribution in [3.05, 3.63) is 18.5 Å². The second-order valence-corrected chi connectivity index (χ2v) is 4.80.